The van der Waals surface area contributed by atoms with Crippen molar-refractivity contribution in [3.63, 3.8) is 0 Å². The highest BCUT2D eigenvalue weighted by atomic mass is 35.5. The lowest BCUT2D eigenvalue weighted by Crippen LogP contribution is -2.37. The maximum absolute atomic E-state index is 12.0. The topological polar surface area (TPSA) is 83.0 Å². The van der Waals surface area contributed by atoms with Crippen molar-refractivity contribution < 1.29 is 18.3 Å². The fraction of sp³-hybridized carbons (Fsp3) is 0.100. The van der Waals surface area contributed by atoms with Crippen molar-refractivity contribution in [2.75, 3.05) is 5.43 Å². The van der Waals surface area contributed by atoms with Gasteiger partial charge in [0.05, 0.1) is 10.0 Å². The number of nitrogens with one attached hydrogen (secondary N) is 2. The molecule has 1 aromatic heterocycles. The van der Waals surface area contributed by atoms with Gasteiger partial charge in [0.2, 0.25) is 5.95 Å². The second-order valence-corrected chi connectivity index (χ2v) is 4.47. The van der Waals surface area contributed by atoms with E-state index in [1.807, 2.05) is 0 Å². The number of nitrogens with zero attached hydrogens (tertiary/aromatic N) is 3. The highest BCUT2D eigenvalue weighted by Gasteiger charge is 2.27. The molecule has 112 valence electrons. The summed E-state index contributed by atoms with van der Waals surface area (Å²) >= 11 is 11.6. The van der Waals surface area contributed by atoms with Crippen LogP contribution in [0.3, 0.4) is 0 Å². The van der Waals surface area contributed by atoms with Gasteiger partial charge >= 0.3 is 12.3 Å². The summed E-state index contributed by atoms with van der Waals surface area (Å²) in [5, 5.41) is 9.83. The Morgan fingerprint density at radius 1 is 1.05 bits per heavy atom. The minimum atomic E-state index is -4.69. The van der Waals surface area contributed by atoms with Gasteiger partial charge in [0.15, 0.2) is 5.82 Å². The van der Waals surface area contributed by atoms with Gasteiger partial charge in [-0.2, -0.15) is 28.1 Å². The quantitative estimate of drug-likeness (QED) is 0.589. The van der Waals surface area contributed by atoms with Crippen molar-refractivity contribution in [1.29, 1.82) is 0 Å². The van der Waals surface area contributed by atoms with E-state index in [1.165, 1.54) is 18.2 Å². The Kier molecular flexibility index (Phi) is 4.35. The molecule has 0 aliphatic heterocycles. The van der Waals surface area contributed by atoms with Gasteiger partial charge in [-0.25, -0.2) is 0 Å². The number of hydrogen-bond donors (Lipinski definition) is 3. The van der Waals surface area contributed by atoms with Gasteiger partial charge in [-0.05, 0) is 18.2 Å². The fourth-order valence-electron chi connectivity index (χ4n) is 1.31. The fourth-order valence-corrected chi connectivity index (χ4v) is 1.61. The number of halogens is 5. The molecule has 2 aromatic rings. The van der Waals surface area contributed by atoms with Crippen LogP contribution in [0.15, 0.2) is 18.2 Å². The Balaban J connectivity index is 2.32. The van der Waals surface area contributed by atoms with Gasteiger partial charge in [0.25, 0.3) is 0 Å². The molecule has 0 aliphatic carbocycles. The number of aromatic nitrogens is 3. The number of rotatable bonds is 3. The highest BCUT2D eigenvalue weighted by molar-refractivity contribution is 6.42. The predicted octanol–water partition coefficient (Wildman–Crippen LogP) is 2.99. The molecule has 0 unspecified atom stereocenters. The van der Waals surface area contributed by atoms with Crippen molar-refractivity contribution in [3.8, 4) is 17.4 Å². The summed E-state index contributed by atoms with van der Waals surface area (Å²) in [6.07, 6.45) is -4.69. The molecule has 0 saturated carbocycles. The molecule has 0 aliphatic rings. The van der Waals surface area contributed by atoms with E-state index in [-0.39, 0.29) is 15.9 Å². The van der Waals surface area contributed by atoms with Gasteiger partial charge < -0.3 is 5.11 Å². The normalized spacial score (nSPS) is 11.5. The maximum Gasteiger partial charge on any atom is 0.474 e. The first-order valence-electron chi connectivity index (χ1n) is 5.25. The van der Waals surface area contributed by atoms with Crippen LogP contribution in [0, 0.1) is 0 Å². The molecule has 0 atom stereocenters. The van der Waals surface area contributed by atoms with Crippen molar-refractivity contribution in [1.82, 2.24) is 20.4 Å². The number of aromatic hydroxyl groups is 1. The molecule has 0 saturated heterocycles. The zero-order chi connectivity index (χ0) is 15.6. The van der Waals surface area contributed by atoms with Crippen LogP contribution in [0.4, 0.5) is 19.1 Å². The molecule has 11 heteroatoms. The molecule has 0 radical (unpaired) electrons. The smallest absolute Gasteiger partial charge is 0.474 e. The molecular formula is C10H6Cl2F3N5O. The molecule has 6 nitrogen and oxygen atoms in total. The molecule has 2 rings (SSSR count). The first kappa shape index (κ1) is 15.5. The van der Waals surface area contributed by atoms with E-state index in [4.69, 9.17) is 23.2 Å². The summed E-state index contributed by atoms with van der Waals surface area (Å²) in [6.45, 7) is 0. The molecule has 0 fully saturated rings. The number of anilines is 1. The van der Waals surface area contributed by atoms with Crippen LogP contribution in [-0.4, -0.2) is 26.4 Å². The molecule has 0 bridgehead atoms. The Bertz CT molecular complexity index is 668. The SMILES string of the molecule is Oc1nc(NNC(F)(F)F)nc(-c2ccc(Cl)c(Cl)c2)n1. The largest absolute Gasteiger partial charge is 0.479 e. The second-order valence-electron chi connectivity index (χ2n) is 3.66. The van der Waals surface area contributed by atoms with Gasteiger partial charge in [-0.1, -0.05) is 23.2 Å². The Morgan fingerprint density at radius 3 is 2.38 bits per heavy atom. The number of alkyl halides is 3. The molecule has 1 heterocycles. The third kappa shape index (κ3) is 4.31. The van der Waals surface area contributed by atoms with E-state index < -0.39 is 18.3 Å². The third-order valence-corrected chi connectivity index (χ3v) is 2.86. The van der Waals surface area contributed by atoms with Crippen molar-refractivity contribution in [2.24, 2.45) is 0 Å². The summed E-state index contributed by atoms with van der Waals surface area (Å²) in [5.74, 6) is -0.589. The summed E-state index contributed by atoms with van der Waals surface area (Å²) in [5.41, 5.74) is 3.05. The van der Waals surface area contributed by atoms with E-state index in [0.717, 1.165) is 5.43 Å². The van der Waals surface area contributed by atoms with Gasteiger partial charge in [0.1, 0.15) is 0 Å². The lowest BCUT2D eigenvalue weighted by atomic mass is 10.2. The second kappa shape index (κ2) is 5.88. The van der Waals surface area contributed by atoms with Crippen molar-refractivity contribution >= 4 is 29.2 Å². The Morgan fingerprint density at radius 2 is 1.76 bits per heavy atom. The third-order valence-electron chi connectivity index (χ3n) is 2.12. The van der Waals surface area contributed by atoms with Gasteiger partial charge in [-0.3, -0.25) is 5.43 Å². The minimum Gasteiger partial charge on any atom is -0.479 e. The Hall–Kier alpha value is -1.84. The summed E-state index contributed by atoms with van der Waals surface area (Å²) in [7, 11) is 0. The first-order valence-corrected chi connectivity index (χ1v) is 6.00. The molecular weight excluding hydrogens is 334 g/mol. The lowest BCUT2D eigenvalue weighted by molar-refractivity contribution is -0.151. The minimum absolute atomic E-state index is 0.0764. The highest BCUT2D eigenvalue weighted by Crippen LogP contribution is 2.27. The van der Waals surface area contributed by atoms with Crippen LogP contribution in [0.2, 0.25) is 10.0 Å². The van der Waals surface area contributed by atoms with Crippen LogP contribution in [-0.2, 0) is 0 Å². The molecule has 0 spiro atoms. The molecule has 21 heavy (non-hydrogen) atoms. The van der Waals surface area contributed by atoms with E-state index in [0.29, 0.717) is 5.56 Å². The lowest BCUT2D eigenvalue weighted by Gasteiger charge is -2.10. The molecule has 1 aromatic carbocycles. The zero-order valence-corrected chi connectivity index (χ0v) is 11.4. The van der Waals surface area contributed by atoms with Crippen LogP contribution in [0.1, 0.15) is 0 Å². The van der Waals surface area contributed by atoms with E-state index in [9.17, 15) is 18.3 Å². The van der Waals surface area contributed by atoms with Crippen LogP contribution in [0.25, 0.3) is 11.4 Å². The van der Waals surface area contributed by atoms with Gasteiger partial charge in [-0.15, -0.1) is 5.43 Å². The van der Waals surface area contributed by atoms with E-state index >= 15 is 0 Å². The van der Waals surface area contributed by atoms with Crippen LogP contribution in [0.5, 0.6) is 6.01 Å². The standard InChI is InChI=1S/C10H6Cl2F3N5O/c11-5-2-1-4(3-6(5)12)7-16-8(18-9(21)17-7)19-20-10(13,14)15/h1-3,20H,(H2,16,17,18,19,21). The van der Waals surface area contributed by atoms with E-state index in [1.54, 1.807) is 5.43 Å². The van der Waals surface area contributed by atoms with Crippen LogP contribution < -0.4 is 10.9 Å². The number of benzene rings is 1. The summed E-state index contributed by atoms with van der Waals surface area (Å²) in [4.78, 5) is 10.6. The van der Waals surface area contributed by atoms with Crippen molar-refractivity contribution in [2.45, 2.75) is 6.30 Å². The summed E-state index contributed by atoms with van der Waals surface area (Å²) in [6, 6.07) is 3.60. The zero-order valence-electron chi connectivity index (χ0n) is 9.91. The predicted molar refractivity (Wildman–Crippen MR) is 69.8 cm³/mol. The molecule has 3 N–H and O–H groups in total. The summed E-state index contributed by atoms with van der Waals surface area (Å²) < 4.78 is 36.1. The van der Waals surface area contributed by atoms with Crippen LogP contribution >= 0.6 is 23.2 Å². The average Bonchev–Trinajstić information content (AvgIpc) is 2.38. The number of hydrazine groups is 1. The maximum atomic E-state index is 12.0. The first-order chi connectivity index (χ1) is 9.74. The van der Waals surface area contributed by atoms with E-state index in [2.05, 4.69) is 15.0 Å². The monoisotopic (exact) mass is 339 g/mol. The molecule has 0 amide bonds. The average molecular weight is 340 g/mol. The van der Waals surface area contributed by atoms with Crippen molar-refractivity contribution in [3.05, 3.63) is 28.2 Å². The van der Waals surface area contributed by atoms with Gasteiger partial charge in [0, 0.05) is 5.56 Å². The Labute approximate surface area is 125 Å². The number of hydrogen-bond acceptors (Lipinski definition) is 6.